The van der Waals surface area contributed by atoms with Crippen LogP contribution >= 0.6 is 0 Å². The van der Waals surface area contributed by atoms with Crippen molar-refractivity contribution in [2.45, 2.75) is 0 Å². The lowest BCUT2D eigenvalue weighted by atomic mass is 9.33. The number of fused-ring (bicyclic) bond motifs is 7. The van der Waals surface area contributed by atoms with Crippen molar-refractivity contribution in [1.82, 2.24) is 0 Å². The Labute approximate surface area is 267 Å². The van der Waals surface area contributed by atoms with Crippen molar-refractivity contribution < 1.29 is 4.42 Å². The van der Waals surface area contributed by atoms with Crippen LogP contribution in [0.2, 0.25) is 0 Å². The third kappa shape index (κ3) is 3.61. The molecule has 0 atom stereocenters. The molecule has 1 aromatic heterocycles. The SMILES string of the molecule is c1ccc(-c2cccc(N3c4ccccc4B4c5ccccc5N(c5ccc6oc7ccccc7c6c5)c5cccc3c54)c2)cc1. The molecule has 3 heterocycles. The zero-order valence-corrected chi connectivity index (χ0v) is 25.0. The number of para-hydroxylation sites is 3. The highest BCUT2D eigenvalue weighted by Gasteiger charge is 2.42. The summed E-state index contributed by atoms with van der Waals surface area (Å²) in [5, 5.41) is 2.26. The molecule has 3 nitrogen and oxygen atoms in total. The average Bonchev–Trinajstić information content (AvgIpc) is 3.50. The third-order valence-electron chi connectivity index (χ3n) is 9.64. The van der Waals surface area contributed by atoms with Crippen molar-refractivity contribution in [2.24, 2.45) is 0 Å². The summed E-state index contributed by atoms with van der Waals surface area (Å²) >= 11 is 0. The third-order valence-corrected chi connectivity index (χ3v) is 9.64. The number of anilines is 6. The summed E-state index contributed by atoms with van der Waals surface area (Å²) in [5.74, 6) is 0. The Hall–Kier alpha value is -6.00. The van der Waals surface area contributed by atoms with Crippen molar-refractivity contribution in [3.8, 4) is 11.1 Å². The van der Waals surface area contributed by atoms with Crippen LogP contribution in [0.15, 0.2) is 168 Å². The zero-order valence-electron chi connectivity index (χ0n) is 25.0. The fourth-order valence-electron chi connectivity index (χ4n) is 7.70. The number of furan rings is 1. The van der Waals surface area contributed by atoms with E-state index < -0.39 is 0 Å². The van der Waals surface area contributed by atoms with Gasteiger partial charge >= 0.3 is 0 Å². The molecule has 0 fully saturated rings. The monoisotopic (exact) mass is 586 g/mol. The molecule has 214 valence electrons. The Morgan fingerprint density at radius 1 is 0.391 bits per heavy atom. The molecule has 0 saturated heterocycles. The molecular weight excluding hydrogens is 559 g/mol. The summed E-state index contributed by atoms with van der Waals surface area (Å²) in [6.45, 7) is 0.113. The van der Waals surface area contributed by atoms with Crippen LogP contribution in [-0.2, 0) is 0 Å². The van der Waals surface area contributed by atoms with Crippen molar-refractivity contribution in [2.75, 3.05) is 9.80 Å². The van der Waals surface area contributed by atoms with E-state index in [1.807, 2.05) is 12.1 Å². The maximum atomic E-state index is 6.21. The van der Waals surface area contributed by atoms with Crippen LogP contribution in [0.25, 0.3) is 33.1 Å². The second kappa shape index (κ2) is 9.75. The highest BCUT2D eigenvalue weighted by molar-refractivity contribution is 7.00. The number of hydrogen-bond acceptors (Lipinski definition) is 3. The summed E-state index contributed by atoms with van der Waals surface area (Å²) in [6, 6.07) is 59.1. The minimum Gasteiger partial charge on any atom is -0.456 e. The first-order valence-electron chi connectivity index (χ1n) is 15.8. The van der Waals surface area contributed by atoms with Crippen LogP contribution in [0.1, 0.15) is 0 Å². The van der Waals surface area contributed by atoms with Crippen molar-refractivity contribution in [1.29, 1.82) is 0 Å². The van der Waals surface area contributed by atoms with Crippen LogP contribution in [-0.4, -0.2) is 6.71 Å². The van der Waals surface area contributed by atoms with Crippen molar-refractivity contribution >= 4 is 79.2 Å². The maximum Gasteiger partial charge on any atom is 0.252 e. The summed E-state index contributed by atoms with van der Waals surface area (Å²) < 4.78 is 6.21. The fourth-order valence-corrected chi connectivity index (χ4v) is 7.70. The Balaban J connectivity index is 1.22. The molecule has 2 aliphatic heterocycles. The summed E-state index contributed by atoms with van der Waals surface area (Å²) in [5.41, 5.74) is 15.3. The first kappa shape index (κ1) is 25.3. The Bertz CT molecular complexity index is 2470. The van der Waals surface area contributed by atoms with Gasteiger partial charge in [0.05, 0.1) is 0 Å². The van der Waals surface area contributed by atoms with E-state index in [0.717, 1.165) is 33.3 Å². The quantitative estimate of drug-likeness (QED) is 0.192. The second-order valence-corrected chi connectivity index (χ2v) is 12.1. The average molecular weight is 587 g/mol. The molecular formula is C42H27BN2O. The van der Waals surface area contributed by atoms with E-state index in [4.69, 9.17) is 4.42 Å². The number of rotatable bonds is 3. The molecule has 0 unspecified atom stereocenters. The highest BCUT2D eigenvalue weighted by atomic mass is 16.3. The maximum absolute atomic E-state index is 6.21. The first-order chi connectivity index (χ1) is 22.8. The van der Waals surface area contributed by atoms with Gasteiger partial charge in [-0.05, 0) is 88.2 Å². The molecule has 0 N–H and O–H groups in total. The topological polar surface area (TPSA) is 19.6 Å². The molecule has 0 bridgehead atoms. The van der Waals surface area contributed by atoms with Crippen LogP contribution in [0.3, 0.4) is 0 Å². The smallest absolute Gasteiger partial charge is 0.252 e. The van der Waals surface area contributed by atoms with Crippen LogP contribution in [0.4, 0.5) is 34.1 Å². The first-order valence-corrected chi connectivity index (χ1v) is 15.8. The van der Waals surface area contributed by atoms with E-state index in [1.54, 1.807) is 0 Å². The molecule has 0 radical (unpaired) electrons. The van der Waals surface area contributed by atoms with Gasteiger partial charge in [0.1, 0.15) is 11.2 Å². The van der Waals surface area contributed by atoms with Gasteiger partial charge in [0.15, 0.2) is 0 Å². The van der Waals surface area contributed by atoms with Gasteiger partial charge in [-0.1, -0.05) is 103 Å². The van der Waals surface area contributed by atoms with E-state index in [1.165, 1.54) is 50.3 Å². The van der Waals surface area contributed by atoms with E-state index in [2.05, 4.69) is 161 Å². The molecule has 0 saturated carbocycles. The van der Waals surface area contributed by atoms with E-state index in [9.17, 15) is 0 Å². The van der Waals surface area contributed by atoms with Crippen LogP contribution in [0, 0.1) is 0 Å². The summed E-state index contributed by atoms with van der Waals surface area (Å²) in [4.78, 5) is 4.90. The lowest BCUT2D eigenvalue weighted by molar-refractivity contribution is 0.669. The van der Waals surface area contributed by atoms with Crippen LogP contribution < -0.4 is 26.2 Å². The molecule has 46 heavy (non-hydrogen) atoms. The molecule has 2 aliphatic rings. The Morgan fingerprint density at radius 3 is 1.72 bits per heavy atom. The van der Waals surface area contributed by atoms with Gasteiger partial charge in [-0.25, -0.2) is 0 Å². The predicted molar refractivity (Wildman–Crippen MR) is 193 cm³/mol. The van der Waals surface area contributed by atoms with Gasteiger partial charge < -0.3 is 14.2 Å². The molecule has 0 amide bonds. The standard InChI is InChI=1S/C42H27BN2O/c1-2-12-28(13-3-1)29-14-10-15-30(26-29)44-36-19-7-5-17-34(36)43-35-18-6-8-20-37(35)45(39-22-11-21-38(44)42(39)43)31-24-25-41-33(27-31)32-16-4-9-23-40(32)46-41/h1-27H. The highest BCUT2D eigenvalue weighted by Crippen LogP contribution is 2.45. The Kier molecular flexibility index (Phi) is 5.37. The number of nitrogens with zero attached hydrogens (tertiary/aromatic N) is 2. The number of benzene rings is 7. The van der Waals surface area contributed by atoms with Gasteiger partial charge in [-0.3, -0.25) is 0 Å². The van der Waals surface area contributed by atoms with Gasteiger partial charge in [0.2, 0.25) is 0 Å². The lowest BCUT2D eigenvalue weighted by Crippen LogP contribution is -2.61. The number of hydrogen-bond donors (Lipinski definition) is 0. The van der Waals surface area contributed by atoms with Gasteiger partial charge in [-0.2, -0.15) is 0 Å². The fraction of sp³-hybridized carbons (Fsp3) is 0. The summed E-state index contributed by atoms with van der Waals surface area (Å²) in [7, 11) is 0. The van der Waals surface area contributed by atoms with E-state index >= 15 is 0 Å². The predicted octanol–water partition coefficient (Wildman–Crippen LogP) is 9.34. The second-order valence-electron chi connectivity index (χ2n) is 12.1. The zero-order chi connectivity index (χ0) is 30.2. The van der Waals surface area contributed by atoms with Gasteiger partial charge in [0.25, 0.3) is 6.71 Å². The van der Waals surface area contributed by atoms with Gasteiger partial charge in [0, 0.05) is 44.9 Å². The molecule has 8 aromatic rings. The minimum atomic E-state index is 0.113. The van der Waals surface area contributed by atoms with Crippen LogP contribution in [0.5, 0.6) is 0 Å². The molecule has 0 spiro atoms. The van der Waals surface area contributed by atoms with E-state index in [-0.39, 0.29) is 6.71 Å². The lowest BCUT2D eigenvalue weighted by Gasteiger charge is -2.44. The summed E-state index contributed by atoms with van der Waals surface area (Å²) in [6.07, 6.45) is 0. The normalized spacial score (nSPS) is 13.1. The Morgan fingerprint density at radius 2 is 0.957 bits per heavy atom. The molecule has 10 rings (SSSR count). The minimum absolute atomic E-state index is 0.113. The van der Waals surface area contributed by atoms with Crippen molar-refractivity contribution in [3.63, 3.8) is 0 Å². The largest absolute Gasteiger partial charge is 0.456 e. The van der Waals surface area contributed by atoms with Gasteiger partial charge in [-0.15, -0.1) is 0 Å². The van der Waals surface area contributed by atoms with Crippen molar-refractivity contribution in [3.05, 3.63) is 164 Å². The molecule has 7 aromatic carbocycles. The molecule has 0 aliphatic carbocycles. The van der Waals surface area contributed by atoms with E-state index in [0.29, 0.717) is 0 Å². The molecule has 4 heteroatoms.